The number of fused-ring (bicyclic) bond motifs is 5. The molecule has 0 aromatic carbocycles. The Kier molecular flexibility index (Phi) is 3.99. The van der Waals surface area contributed by atoms with E-state index in [2.05, 4.69) is 20.8 Å². The summed E-state index contributed by atoms with van der Waals surface area (Å²) in [4.78, 5) is 11.1. The average Bonchev–Trinajstić information content (AvgIpc) is 3.01. The maximum Gasteiger partial charge on any atom is 0.303 e. The average molecular weight is 381 g/mol. The third-order valence-corrected chi connectivity index (χ3v) is 9.48. The summed E-state index contributed by atoms with van der Waals surface area (Å²) in [7, 11) is 0. The van der Waals surface area contributed by atoms with Gasteiger partial charge >= 0.3 is 5.97 Å². The maximum absolute atomic E-state index is 11.1. The number of aliphatic hydroxyl groups is 1. The van der Waals surface area contributed by atoms with Crippen molar-refractivity contribution in [3.05, 3.63) is 0 Å². The molecule has 0 bridgehead atoms. The summed E-state index contributed by atoms with van der Waals surface area (Å²) in [6.45, 7) is 6.75. The molecule has 2 N–H and O–H groups in total. The molecule has 0 aliphatic heterocycles. The van der Waals surface area contributed by atoms with E-state index in [-0.39, 0.29) is 24.2 Å². The molecular formula is C24H40O3. The fraction of sp³-hybridized carbons (Fsp3) is 0.958. The molecule has 0 radical (unpaired) electrons. The fourth-order valence-corrected chi connectivity index (χ4v) is 8.08. The van der Waals surface area contributed by atoms with Crippen LogP contribution in [0, 0.1) is 46.3 Å². The number of hydrogen-bond donors (Lipinski definition) is 2. The van der Waals surface area contributed by atoms with Crippen molar-refractivity contribution in [2.24, 2.45) is 46.3 Å². The Balaban J connectivity index is 1.59. The monoisotopic (exact) mass is 380 g/mol. The smallest absolute Gasteiger partial charge is 0.303 e. The first-order valence-electron chi connectivity index (χ1n) is 13.1. The van der Waals surface area contributed by atoms with Crippen LogP contribution in [0.25, 0.3) is 0 Å². The van der Waals surface area contributed by atoms with Crippen LogP contribution < -0.4 is 0 Å². The van der Waals surface area contributed by atoms with Crippen LogP contribution >= 0.6 is 0 Å². The Morgan fingerprint density at radius 3 is 2.59 bits per heavy atom. The van der Waals surface area contributed by atoms with Crippen molar-refractivity contribution in [2.75, 3.05) is 0 Å². The van der Waals surface area contributed by atoms with Crippen LogP contribution in [0.5, 0.6) is 0 Å². The molecule has 4 saturated carbocycles. The van der Waals surface area contributed by atoms with Gasteiger partial charge in [-0.2, -0.15) is 0 Å². The molecule has 9 atom stereocenters. The number of carboxylic acids is 1. The van der Waals surface area contributed by atoms with Crippen LogP contribution in [0.2, 0.25) is 0 Å². The third-order valence-electron chi connectivity index (χ3n) is 9.48. The zero-order valence-corrected chi connectivity index (χ0v) is 17.2. The highest BCUT2D eigenvalue weighted by Gasteiger charge is 2.60. The minimum Gasteiger partial charge on any atom is -0.481 e. The van der Waals surface area contributed by atoms with E-state index in [9.17, 15) is 9.90 Å². The minimum atomic E-state index is -1.90. The minimum absolute atomic E-state index is 0.203. The molecule has 0 amide bonds. The van der Waals surface area contributed by atoms with Crippen LogP contribution in [0.15, 0.2) is 0 Å². The number of rotatable bonds is 4. The van der Waals surface area contributed by atoms with Crippen molar-refractivity contribution in [2.45, 2.75) is 97.4 Å². The molecule has 4 aliphatic carbocycles. The fourth-order valence-electron chi connectivity index (χ4n) is 8.08. The van der Waals surface area contributed by atoms with Crippen molar-refractivity contribution in [1.29, 1.82) is 0 Å². The summed E-state index contributed by atoms with van der Waals surface area (Å²) >= 11 is 0. The van der Waals surface area contributed by atoms with Gasteiger partial charge in [0, 0.05) is 11.9 Å². The van der Waals surface area contributed by atoms with Gasteiger partial charge < -0.3 is 10.2 Å². The van der Waals surface area contributed by atoms with Gasteiger partial charge in [0.1, 0.15) is 0 Å². The predicted octanol–water partition coefficient (Wildman–Crippen LogP) is 5.51. The van der Waals surface area contributed by atoms with Gasteiger partial charge in [0.15, 0.2) is 0 Å². The lowest BCUT2D eigenvalue weighted by atomic mass is 9.44. The summed E-state index contributed by atoms with van der Waals surface area (Å²) in [6.07, 6.45) is 1.91. The highest BCUT2D eigenvalue weighted by Crippen LogP contribution is 2.68. The summed E-state index contributed by atoms with van der Waals surface area (Å²) in [6, 6.07) is 0. The molecule has 27 heavy (non-hydrogen) atoms. The molecule has 0 aromatic heterocycles. The zero-order chi connectivity index (χ0) is 23.0. The standard InChI is InChI=1S/C24H40O3/c1-15(4-9-22(26)27)19-7-8-20-18-6-5-16-14-17(25)10-12-23(16,2)21(18)11-13-24(19,20)3/h15-21,25H,4-14H2,1-3H3,(H,26,27)/t15-,16+,17+,18+,19-,20+,21+,23+,24-/m1/s1/i10D2,14D2. The number of aliphatic carboxylic acids is 1. The lowest BCUT2D eigenvalue weighted by Gasteiger charge is -2.61. The largest absolute Gasteiger partial charge is 0.481 e. The van der Waals surface area contributed by atoms with Gasteiger partial charge in [-0.15, -0.1) is 0 Å². The first kappa shape index (κ1) is 15.3. The molecule has 0 unspecified atom stereocenters. The second-order valence-corrected chi connectivity index (χ2v) is 10.6. The van der Waals surface area contributed by atoms with Crippen molar-refractivity contribution < 1.29 is 20.5 Å². The van der Waals surface area contributed by atoms with Crippen molar-refractivity contribution >= 4 is 5.97 Å². The quantitative estimate of drug-likeness (QED) is 0.676. The van der Waals surface area contributed by atoms with E-state index >= 15 is 0 Å². The molecule has 4 fully saturated rings. The Morgan fingerprint density at radius 2 is 1.85 bits per heavy atom. The molecule has 4 aliphatic rings. The maximum atomic E-state index is 11.1. The highest BCUT2D eigenvalue weighted by atomic mass is 16.4. The molecule has 4 rings (SSSR count). The molecule has 3 heteroatoms. The lowest BCUT2D eigenvalue weighted by Crippen LogP contribution is -2.54. The summed E-state index contributed by atoms with van der Waals surface area (Å²) < 4.78 is 34.1. The zero-order valence-electron chi connectivity index (χ0n) is 21.2. The van der Waals surface area contributed by atoms with Gasteiger partial charge in [-0.25, -0.2) is 0 Å². The molecule has 3 nitrogen and oxygen atoms in total. The lowest BCUT2D eigenvalue weighted by molar-refractivity contribution is -0.138. The molecule has 0 spiro atoms. The second-order valence-electron chi connectivity index (χ2n) is 10.6. The summed E-state index contributed by atoms with van der Waals surface area (Å²) in [5, 5.41) is 19.6. The van der Waals surface area contributed by atoms with E-state index in [1.807, 2.05) is 0 Å². The van der Waals surface area contributed by atoms with E-state index in [1.165, 1.54) is 0 Å². The molecule has 0 heterocycles. The normalized spacial score (nSPS) is 56.3. The number of carbonyl (C=O) groups is 1. The molecule has 0 saturated heterocycles. The summed E-state index contributed by atoms with van der Waals surface area (Å²) in [5.74, 6) is 1.26. The van der Waals surface area contributed by atoms with E-state index in [0.717, 1.165) is 44.9 Å². The van der Waals surface area contributed by atoms with Gasteiger partial charge in [-0.05, 0) is 110 Å². The van der Waals surface area contributed by atoms with Crippen molar-refractivity contribution in [3.63, 3.8) is 0 Å². The number of carboxylic acid groups (broad SMARTS) is 1. The molecule has 0 aromatic rings. The van der Waals surface area contributed by atoms with Gasteiger partial charge in [-0.1, -0.05) is 20.8 Å². The van der Waals surface area contributed by atoms with Crippen LogP contribution in [-0.4, -0.2) is 22.3 Å². The van der Waals surface area contributed by atoms with Gasteiger partial charge in [0.25, 0.3) is 0 Å². The van der Waals surface area contributed by atoms with Crippen LogP contribution in [0.3, 0.4) is 0 Å². The number of aliphatic hydroxyl groups excluding tert-OH is 1. The van der Waals surface area contributed by atoms with Gasteiger partial charge in [-0.3, -0.25) is 4.79 Å². The second kappa shape index (κ2) is 7.04. The van der Waals surface area contributed by atoms with Crippen molar-refractivity contribution in [1.82, 2.24) is 0 Å². The molecule has 154 valence electrons. The van der Waals surface area contributed by atoms with Crippen LogP contribution in [0.4, 0.5) is 0 Å². The molecular weight excluding hydrogens is 336 g/mol. The van der Waals surface area contributed by atoms with Gasteiger partial charge in [0.2, 0.25) is 0 Å². The topological polar surface area (TPSA) is 57.5 Å². The predicted molar refractivity (Wildman–Crippen MR) is 107 cm³/mol. The van der Waals surface area contributed by atoms with E-state index in [0.29, 0.717) is 29.6 Å². The first-order chi connectivity index (χ1) is 14.2. The van der Waals surface area contributed by atoms with Crippen molar-refractivity contribution in [3.8, 4) is 0 Å². The van der Waals surface area contributed by atoms with Crippen LogP contribution in [-0.2, 0) is 4.79 Å². The van der Waals surface area contributed by atoms with E-state index < -0.39 is 30.2 Å². The van der Waals surface area contributed by atoms with E-state index in [1.54, 1.807) is 0 Å². The van der Waals surface area contributed by atoms with Crippen LogP contribution in [0.1, 0.15) is 96.8 Å². The third kappa shape index (κ3) is 3.16. The SMILES string of the molecule is [2H]C1([2H])C[C@]2(C)[C@H]3CC[C@]4(C)[C@@H]([C@H](C)CCC(=O)O)CC[C@H]4[C@@H]3CC[C@H]2C([2H])([2H])[C@H]1O. The number of hydrogen-bond acceptors (Lipinski definition) is 2. The summed E-state index contributed by atoms with van der Waals surface area (Å²) in [5.41, 5.74) is -0.224. The Morgan fingerprint density at radius 1 is 1.11 bits per heavy atom. The highest BCUT2D eigenvalue weighted by molar-refractivity contribution is 5.66. The Hall–Kier alpha value is -0.570. The Labute approximate surface area is 170 Å². The van der Waals surface area contributed by atoms with Gasteiger partial charge in [0.05, 0.1) is 6.10 Å². The Bertz CT molecular complexity index is 728. The first-order valence-corrected chi connectivity index (χ1v) is 11.1. The van der Waals surface area contributed by atoms with E-state index in [4.69, 9.17) is 10.6 Å².